The molecule has 0 spiro atoms. The molecule has 1 heterocycles. The number of hydrogen-bond acceptors (Lipinski definition) is 4. The van der Waals surface area contributed by atoms with Crippen LogP contribution in [0, 0.1) is 20.8 Å². The summed E-state index contributed by atoms with van der Waals surface area (Å²) in [6.45, 7) is 6.77. The molecule has 148 valence electrons. The molecule has 1 aliphatic heterocycles. The fraction of sp³-hybridized carbons (Fsp3) is 0.611. The zero-order valence-electron chi connectivity index (χ0n) is 15.7. The number of benzene rings is 1. The quantitative estimate of drug-likeness (QED) is 0.760. The fourth-order valence-corrected chi connectivity index (χ4v) is 5.74. The van der Waals surface area contributed by atoms with Crippen LogP contribution in [0.1, 0.15) is 42.4 Å². The molecule has 1 aliphatic rings. The Morgan fingerprint density at radius 3 is 2.42 bits per heavy atom. The molecular weight excluding hydrogens is 374 g/mol. The Bertz CT molecular complexity index is 714. The molecule has 1 fully saturated rings. The number of carbonyl (C=O) groups is 1. The van der Waals surface area contributed by atoms with Crippen molar-refractivity contribution in [2.45, 2.75) is 57.4 Å². The minimum atomic E-state index is -3.59. The van der Waals surface area contributed by atoms with Crippen molar-refractivity contribution < 1.29 is 13.2 Å². The van der Waals surface area contributed by atoms with Crippen LogP contribution in [0.5, 0.6) is 0 Å². The first-order valence-electron chi connectivity index (χ1n) is 8.84. The Balaban J connectivity index is 0.00000338. The third-order valence-electron chi connectivity index (χ3n) is 4.65. The third-order valence-corrected chi connectivity index (χ3v) is 6.91. The maximum Gasteiger partial charge on any atom is 0.243 e. The smallest absolute Gasteiger partial charge is 0.243 e. The van der Waals surface area contributed by atoms with Gasteiger partial charge in [-0.25, -0.2) is 8.42 Å². The second-order valence-corrected chi connectivity index (χ2v) is 8.66. The average Bonchev–Trinajstić information content (AvgIpc) is 2.52. The van der Waals surface area contributed by atoms with E-state index in [9.17, 15) is 13.2 Å². The Hall–Kier alpha value is -1.15. The molecular formula is C18H30ClN3O3S. The van der Waals surface area contributed by atoms with Crippen molar-refractivity contribution in [1.29, 1.82) is 0 Å². The van der Waals surface area contributed by atoms with Crippen molar-refractivity contribution in [1.82, 2.24) is 9.62 Å². The molecule has 0 aliphatic carbocycles. The number of hydrogen-bond donors (Lipinski definition) is 2. The summed E-state index contributed by atoms with van der Waals surface area (Å²) in [5, 5.41) is 2.82. The van der Waals surface area contributed by atoms with Gasteiger partial charge in [0.2, 0.25) is 15.9 Å². The van der Waals surface area contributed by atoms with E-state index in [0.717, 1.165) is 36.0 Å². The van der Waals surface area contributed by atoms with Gasteiger partial charge >= 0.3 is 0 Å². The molecule has 8 heteroatoms. The zero-order valence-corrected chi connectivity index (χ0v) is 17.4. The molecule has 6 nitrogen and oxygen atoms in total. The van der Waals surface area contributed by atoms with Gasteiger partial charge in [0.25, 0.3) is 0 Å². The molecule has 1 saturated heterocycles. The minimum Gasteiger partial charge on any atom is -0.354 e. The Labute approximate surface area is 163 Å². The predicted molar refractivity (Wildman–Crippen MR) is 106 cm³/mol. The van der Waals surface area contributed by atoms with E-state index in [2.05, 4.69) is 5.32 Å². The highest BCUT2D eigenvalue weighted by atomic mass is 35.5. The van der Waals surface area contributed by atoms with E-state index in [1.54, 1.807) is 4.31 Å². The number of sulfonamides is 1. The molecule has 3 N–H and O–H groups in total. The van der Waals surface area contributed by atoms with E-state index in [0.29, 0.717) is 24.5 Å². The Kier molecular flexibility index (Phi) is 8.53. The van der Waals surface area contributed by atoms with Crippen molar-refractivity contribution in [2.75, 3.05) is 19.6 Å². The lowest BCUT2D eigenvalue weighted by Gasteiger charge is -2.35. The molecule has 1 atom stereocenters. The van der Waals surface area contributed by atoms with Crippen LogP contribution in [-0.4, -0.2) is 44.3 Å². The summed E-state index contributed by atoms with van der Waals surface area (Å²) in [5.74, 6) is -0.131. The number of nitrogens with zero attached hydrogens (tertiary/aromatic N) is 1. The summed E-state index contributed by atoms with van der Waals surface area (Å²) in [5.41, 5.74) is 7.99. The van der Waals surface area contributed by atoms with E-state index >= 15 is 0 Å². The number of carbonyl (C=O) groups excluding carboxylic acids is 1. The second kappa shape index (κ2) is 9.69. The summed E-state index contributed by atoms with van der Waals surface area (Å²) in [4.78, 5) is 12.1. The van der Waals surface area contributed by atoms with Gasteiger partial charge in [0, 0.05) is 32.1 Å². The monoisotopic (exact) mass is 403 g/mol. The normalized spacial score (nSPS) is 18.2. The van der Waals surface area contributed by atoms with E-state index < -0.39 is 10.0 Å². The molecule has 1 aromatic rings. The SMILES string of the molecule is Cc1cc(C)c(S(=O)(=O)N2CCCCC2CNC(=O)CCN)c(C)c1.Cl. The second-order valence-electron chi connectivity index (χ2n) is 6.84. The molecule has 0 saturated carbocycles. The first-order chi connectivity index (χ1) is 11.8. The van der Waals surface area contributed by atoms with Gasteiger partial charge in [-0.2, -0.15) is 4.31 Å². The molecule has 2 rings (SSSR count). The molecule has 0 bridgehead atoms. The van der Waals surface area contributed by atoms with Crippen molar-refractivity contribution in [3.05, 3.63) is 28.8 Å². The van der Waals surface area contributed by atoms with Crippen molar-refractivity contribution in [2.24, 2.45) is 5.73 Å². The molecule has 1 unspecified atom stereocenters. The zero-order chi connectivity index (χ0) is 18.6. The highest BCUT2D eigenvalue weighted by molar-refractivity contribution is 7.89. The molecule has 1 amide bonds. The molecule has 0 aromatic heterocycles. The van der Waals surface area contributed by atoms with Crippen molar-refractivity contribution in [3.8, 4) is 0 Å². The highest BCUT2D eigenvalue weighted by Crippen LogP contribution is 2.29. The van der Waals surface area contributed by atoms with Gasteiger partial charge in [-0.15, -0.1) is 12.4 Å². The van der Waals surface area contributed by atoms with Crippen LogP contribution in [0.4, 0.5) is 0 Å². The van der Waals surface area contributed by atoms with Crippen LogP contribution in [0.15, 0.2) is 17.0 Å². The van der Waals surface area contributed by atoms with E-state index in [1.165, 1.54) is 0 Å². The summed E-state index contributed by atoms with van der Waals surface area (Å²) in [7, 11) is -3.59. The molecule has 26 heavy (non-hydrogen) atoms. The number of aryl methyl sites for hydroxylation is 3. The van der Waals surface area contributed by atoms with Gasteiger partial charge in [0.05, 0.1) is 4.90 Å². The Morgan fingerprint density at radius 2 is 1.85 bits per heavy atom. The lowest BCUT2D eigenvalue weighted by atomic mass is 10.1. The number of amides is 1. The number of rotatable bonds is 6. The standard InChI is InChI=1S/C18H29N3O3S.ClH/c1-13-10-14(2)18(15(3)11-13)25(23,24)21-9-5-4-6-16(21)12-20-17(22)7-8-19;/h10-11,16H,4-9,12,19H2,1-3H3,(H,20,22);1H. The topological polar surface area (TPSA) is 92.5 Å². The first kappa shape index (κ1) is 22.9. The number of halogens is 1. The lowest BCUT2D eigenvalue weighted by Crippen LogP contribution is -2.49. The van der Waals surface area contributed by atoms with Crippen molar-refractivity contribution >= 4 is 28.3 Å². The summed E-state index contributed by atoms with van der Waals surface area (Å²) in [6.07, 6.45) is 2.83. The third kappa shape index (κ3) is 5.19. The van der Waals surface area contributed by atoms with Crippen LogP contribution in [0.3, 0.4) is 0 Å². The van der Waals surface area contributed by atoms with Gasteiger partial charge in [-0.05, 0) is 44.7 Å². The number of nitrogens with one attached hydrogen (secondary N) is 1. The fourth-order valence-electron chi connectivity index (χ4n) is 3.64. The minimum absolute atomic E-state index is 0. The van der Waals surface area contributed by atoms with E-state index in [4.69, 9.17) is 5.73 Å². The number of piperidine rings is 1. The maximum atomic E-state index is 13.3. The summed E-state index contributed by atoms with van der Waals surface area (Å²) in [6, 6.07) is 3.60. The van der Waals surface area contributed by atoms with E-state index in [-0.39, 0.29) is 30.8 Å². The molecule has 0 radical (unpaired) electrons. The van der Waals surface area contributed by atoms with Gasteiger partial charge in [-0.1, -0.05) is 24.1 Å². The van der Waals surface area contributed by atoms with Crippen LogP contribution in [0.2, 0.25) is 0 Å². The largest absolute Gasteiger partial charge is 0.354 e. The summed E-state index contributed by atoms with van der Waals surface area (Å²) >= 11 is 0. The van der Waals surface area contributed by atoms with Gasteiger partial charge < -0.3 is 11.1 Å². The Morgan fingerprint density at radius 1 is 1.23 bits per heavy atom. The predicted octanol–water partition coefficient (Wildman–Crippen LogP) is 2.04. The van der Waals surface area contributed by atoms with Gasteiger partial charge in [-0.3, -0.25) is 4.79 Å². The summed E-state index contributed by atoms with van der Waals surface area (Å²) < 4.78 is 28.2. The lowest BCUT2D eigenvalue weighted by molar-refractivity contribution is -0.121. The van der Waals surface area contributed by atoms with E-state index in [1.807, 2.05) is 32.9 Å². The van der Waals surface area contributed by atoms with Crippen LogP contribution >= 0.6 is 12.4 Å². The highest BCUT2D eigenvalue weighted by Gasteiger charge is 2.35. The first-order valence-corrected chi connectivity index (χ1v) is 10.3. The number of nitrogens with two attached hydrogens (primary N) is 1. The van der Waals surface area contributed by atoms with Crippen LogP contribution in [-0.2, 0) is 14.8 Å². The van der Waals surface area contributed by atoms with Crippen LogP contribution < -0.4 is 11.1 Å². The maximum absolute atomic E-state index is 13.3. The van der Waals surface area contributed by atoms with Gasteiger partial charge in [0.1, 0.15) is 0 Å². The van der Waals surface area contributed by atoms with Gasteiger partial charge in [0.15, 0.2) is 0 Å². The van der Waals surface area contributed by atoms with Crippen molar-refractivity contribution in [3.63, 3.8) is 0 Å². The average molecular weight is 404 g/mol. The molecule has 1 aromatic carbocycles. The van der Waals surface area contributed by atoms with Crippen LogP contribution in [0.25, 0.3) is 0 Å².